The van der Waals surface area contributed by atoms with Crippen LogP contribution in [0.3, 0.4) is 0 Å². The van der Waals surface area contributed by atoms with Gasteiger partial charge < -0.3 is 10.3 Å². The van der Waals surface area contributed by atoms with Crippen LogP contribution in [0.5, 0.6) is 0 Å². The molecule has 0 spiro atoms. The second-order valence-electron chi connectivity index (χ2n) is 9.31. The van der Waals surface area contributed by atoms with Gasteiger partial charge >= 0.3 is 0 Å². The molecule has 0 bridgehead atoms. The Morgan fingerprint density at radius 2 is 1.89 bits per heavy atom. The maximum Gasteiger partial charge on any atom is 0.259 e. The third kappa shape index (κ3) is 4.27. The van der Waals surface area contributed by atoms with E-state index in [2.05, 4.69) is 16.4 Å². The SMILES string of the molecule is O=C(CSC1=Nc2ccccc2C2=N[C@H](Cc3c[nH]c4ccccc34)C(=O)N12)NC1CCCCC1. The van der Waals surface area contributed by atoms with Crippen LogP contribution in [-0.4, -0.2) is 50.5 Å². The maximum absolute atomic E-state index is 13.6. The molecular weight excluding hydrogens is 458 g/mol. The minimum absolute atomic E-state index is 0.0102. The summed E-state index contributed by atoms with van der Waals surface area (Å²) >= 11 is 1.31. The van der Waals surface area contributed by atoms with Gasteiger partial charge in [0.25, 0.3) is 5.91 Å². The number of amidine groups is 2. The summed E-state index contributed by atoms with van der Waals surface area (Å²) in [6.45, 7) is 0. The molecular formula is C27H27N5O2S. The molecule has 2 amide bonds. The Kier molecular flexibility index (Phi) is 5.90. The molecule has 2 aromatic carbocycles. The van der Waals surface area contributed by atoms with Crippen LogP contribution in [0.1, 0.15) is 43.2 Å². The van der Waals surface area contributed by atoms with Gasteiger partial charge in [0.15, 0.2) is 5.17 Å². The van der Waals surface area contributed by atoms with Crippen molar-refractivity contribution in [3.63, 3.8) is 0 Å². The highest BCUT2D eigenvalue weighted by Gasteiger charge is 2.41. The molecule has 3 aliphatic rings. The Labute approximate surface area is 208 Å². The summed E-state index contributed by atoms with van der Waals surface area (Å²) in [6, 6.07) is 15.5. The molecule has 0 radical (unpaired) electrons. The van der Waals surface area contributed by atoms with Gasteiger partial charge in [-0.25, -0.2) is 9.89 Å². The summed E-state index contributed by atoms with van der Waals surface area (Å²) in [7, 11) is 0. The molecule has 0 saturated heterocycles. The number of hydrogen-bond acceptors (Lipinski definition) is 5. The number of aliphatic imine (C=N–C) groups is 2. The zero-order valence-corrected chi connectivity index (χ0v) is 20.2. The molecule has 178 valence electrons. The number of aromatic nitrogens is 1. The summed E-state index contributed by atoms with van der Waals surface area (Å²) in [5.74, 6) is 0.741. The number of aromatic amines is 1. The number of rotatable bonds is 5. The first-order valence-corrected chi connectivity index (χ1v) is 13.2. The number of para-hydroxylation sites is 2. The zero-order chi connectivity index (χ0) is 23.8. The first-order chi connectivity index (χ1) is 17.2. The lowest BCUT2D eigenvalue weighted by atomic mass is 9.95. The van der Waals surface area contributed by atoms with Crippen molar-refractivity contribution in [3.8, 4) is 0 Å². The Bertz CT molecular complexity index is 1350. The summed E-state index contributed by atoms with van der Waals surface area (Å²) in [4.78, 5) is 40.8. The van der Waals surface area contributed by atoms with Gasteiger partial charge in [0, 0.05) is 35.1 Å². The van der Waals surface area contributed by atoms with Crippen molar-refractivity contribution in [3.05, 3.63) is 65.9 Å². The van der Waals surface area contributed by atoms with Crippen LogP contribution in [0.2, 0.25) is 0 Å². The highest BCUT2D eigenvalue weighted by Crippen LogP contribution is 2.34. The van der Waals surface area contributed by atoms with Gasteiger partial charge in [-0.1, -0.05) is 61.4 Å². The average Bonchev–Trinajstić information content (AvgIpc) is 3.45. The fourth-order valence-electron chi connectivity index (χ4n) is 5.19. The zero-order valence-electron chi connectivity index (χ0n) is 19.4. The van der Waals surface area contributed by atoms with Crippen LogP contribution < -0.4 is 5.32 Å². The molecule has 3 aromatic rings. The van der Waals surface area contributed by atoms with Crippen molar-refractivity contribution in [1.82, 2.24) is 15.2 Å². The van der Waals surface area contributed by atoms with E-state index in [0.29, 0.717) is 17.4 Å². The number of hydrogen-bond donors (Lipinski definition) is 2. The van der Waals surface area contributed by atoms with Crippen molar-refractivity contribution < 1.29 is 9.59 Å². The minimum atomic E-state index is -0.530. The fourth-order valence-corrected chi connectivity index (χ4v) is 6.00. The van der Waals surface area contributed by atoms with Gasteiger partial charge in [-0.2, -0.15) is 0 Å². The Hall–Kier alpha value is -3.39. The summed E-state index contributed by atoms with van der Waals surface area (Å²) in [5, 5.41) is 4.78. The van der Waals surface area contributed by atoms with Crippen molar-refractivity contribution in [2.75, 3.05) is 5.75 Å². The van der Waals surface area contributed by atoms with Crippen LogP contribution in [-0.2, 0) is 16.0 Å². The van der Waals surface area contributed by atoms with E-state index >= 15 is 0 Å². The van der Waals surface area contributed by atoms with Crippen LogP contribution in [0.4, 0.5) is 5.69 Å². The van der Waals surface area contributed by atoms with E-state index in [4.69, 9.17) is 9.98 Å². The molecule has 1 saturated carbocycles. The molecule has 1 atom stereocenters. The molecule has 1 aromatic heterocycles. The molecule has 7 nitrogen and oxygen atoms in total. The molecule has 35 heavy (non-hydrogen) atoms. The van der Waals surface area contributed by atoms with E-state index in [9.17, 15) is 9.59 Å². The second kappa shape index (κ2) is 9.34. The van der Waals surface area contributed by atoms with Gasteiger partial charge in [0.05, 0.1) is 11.4 Å². The smallest absolute Gasteiger partial charge is 0.259 e. The van der Waals surface area contributed by atoms with Crippen molar-refractivity contribution in [1.29, 1.82) is 0 Å². The number of fused-ring (bicyclic) bond motifs is 4. The standard InChI is InChI=1S/C27H27N5O2S/c33-24(29-18-8-2-1-3-9-18)16-35-27-31-22-13-7-5-11-20(22)25-30-23(26(34)32(25)27)14-17-15-28-21-12-6-4-10-19(17)21/h4-7,10-13,15,18,23,28H,1-3,8-9,14,16H2,(H,29,33)/t23-/m1/s1. The predicted molar refractivity (Wildman–Crippen MR) is 140 cm³/mol. The first kappa shape index (κ1) is 22.1. The van der Waals surface area contributed by atoms with Gasteiger partial charge in [-0.3, -0.25) is 14.6 Å². The van der Waals surface area contributed by atoms with Crippen LogP contribution in [0.15, 0.2) is 64.7 Å². The van der Waals surface area contributed by atoms with Crippen LogP contribution >= 0.6 is 11.8 Å². The Balaban J connectivity index is 1.23. The number of carbonyl (C=O) groups excluding carboxylic acids is 2. The van der Waals surface area contributed by atoms with E-state index in [-0.39, 0.29) is 23.6 Å². The van der Waals surface area contributed by atoms with Crippen LogP contribution in [0.25, 0.3) is 10.9 Å². The van der Waals surface area contributed by atoms with E-state index in [1.807, 2.05) is 48.7 Å². The van der Waals surface area contributed by atoms with Crippen molar-refractivity contribution in [2.24, 2.45) is 9.98 Å². The molecule has 1 fully saturated rings. The average molecular weight is 486 g/mol. The van der Waals surface area contributed by atoms with Crippen molar-refractivity contribution >= 4 is 51.2 Å². The molecule has 0 unspecified atom stereocenters. The number of amides is 2. The third-order valence-corrected chi connectivity index (χ3v) is 7.88. The number of thioether (sulfide) groups is 1. The van der Waals surface area contributed by atoms with E-state index in [1.165, 1.54) is 31.0 Å². The maximum atomic E-state index is 13.6. The highest BCUT2D eigenvalue weighted by atomic mass is 32.2. The quantitative estimate of drug-likeness (QED) is 0.556. The van der Waals surface area contributed by atoms with E-state index in [1.54, 1.807) is 4.90 Å². The minimum Gasteiger partial charge on any atom is -0.361 e. The predicted octanol–water partition coefficient (Wildman–Crippen LogP) is 4.55. The molecule has 1 aliphatic carbocycles. The summed E-state index contributed by atoms with van der Waals surface area (Å²) in [6.07, 6.45) is 8.14. The van der Waals surface area contributed by atoms with E-state index in [0.717, 1.165) is 40.6 Å². The fraction of sp³-hybridized carbons (Fsp3) is 0.333. The number of H-pyrrole nitrogens is 1. The van der Waals surface area contributed by atoms with E-state index < -0.39 is 6.04 Å². The number of benzene rings is 2. The largest absolute Gasteiger partial charge is 0.361 e. The Morgan fingerprint density at radius 1 is 1.09 bits per heavy atom. The third-order valence-electron chi connectivity index (χ3n) is 6.94. The molecule has 2 aliphatic heterocycles. The number of nitrogens with one attached hydrogen (secondary N) is 2. The molecule has 2 N–H and O–H groups in total. The molecule has 6 rings (SSSR count). The summed E-state index contributed by atoms with van der Waals surface area (Å²) in [5.41, 5.74) is 3.73. The normalized spacial score (nSPS) is 19.8. The number of nitrogens with zero attached hydrogens (tertiary/aromatic N) is 3. The lowest BCUT2D eigenvalue weighted by Crippen LogP contribution is -2.42. The lowest BCUT2D eigenvalue weighted by molar-refractivity contribution is -0.124. The Morgan fingerprint density at radius 3 is 2.77 bits per heavy atom. The van der Waals surface area contributed by atoms with Gasteiger partial charge in [0.2, 0.25) is 5.91 Å². The van der Waals surface area contributed by atoms with Gasteiger partial charge in [0.1, 0.15) is 11.9 Å². The lowest BCUT2D eigenvalue weighted by Gasteiger charge is -2.26. The highest BCUT2D eigenvalue weighted by molar-refractivity contribution is 8.14. The molecule has 3 heterocycles. The monoisotopic (exact) mass is 485 g/mol. The second-order valence-corrected chi connectivity index (χ2v) is 10.3. The molecule has 8 heteroatoms. The van der Waals surface area contributed by atoms with Crippen LogP contribution in [0, 0.1) is 0 Å². The van der Waals surface area contributed by atoms with Crippen molar-refractivity contribution in [2.45, 2.75) is 50.6 Å². The van der Waals surface area contributed by atoms with Gasteiger partial charge in [-0.05, 0) is 36.6 Å². The topological polar surface area (TPSA) is 89.9 Å². The van der Waals surface area contributed by atoms with Gasteiger partial charge in [-0.15, -0.1) is 0 Å². The number of carbonyl (C=O) groups is 2. The summed E-state index contributed by atoms with van der Waals surface area (Å²) < 4.78 is 0. The first-order valence-electron chi connectivity index (χ1n) is 12.2.